The van der Waals surface area contributed by atoms with Crippen LogP contribution in [-0.2, 0) is 4.79 Å². The molecule has 1 aromatic carbocycles. The van der Waals surface area contributed by atoms with Gasteiger partial charge >= 0.3 is 5.97 Å². The molecule has 0 amide bonds. The van der Waals surface area contributed by atoms with Crippen LogP contribution in [-0.4, -0.2) is 24.2 Å². The molecule has 0 saturated carbocycles. The number of hydrogen-bond donors (Lipinski definition) is 1. The van der Waals surface area contributed by atoms with Crippen molar-refractivity contribution < 1.29 is 9.90 Å². The number of hydrogen-bond acceptors (Lipinski definition) is 2. The van der Waals surface area contributed by atoms with Gasteiger partial charge in [0.15, 0.2) is 0 Å². The Balaban J connectivity index is 2.16. The van der Waals surface area contributed by atoms with E-state index >= 15 is 0 Å². The van der Waals surface area contributed by atoms with E-state index < -0.39 is 5.97 Å². The number of aliphatic carboxylic acids is 1. The highest BCUT2D eigenvalue weighted by Gasteiger charge is 2.17. The molecule has 0 spiro atoms. The standard InChI is InChI=1S/C15H18ClNO2/c1-11-3-2-8-17(10-11)13-6-4-12(14(16)9-13)5-7-15(18)19/h4-7,9,11H,2-3,8,10H2,1H3,(H,18,19)/b7-5+. The average molecular weight is 280 g/mol. The summed E-state index contributed by atoms with van der Waals surface area (Å²) in [5, 5.41) is 9.21. The maximum Gasteiger partial charge on any atom is 0.328 e. The number of halogens is 1. The number of carboxylic acids is 1. The van der Waals surface area contributed by atoms with Gasteiger partial charge in [-0.2, -0.15) is 0 Å². The van der Waals surface area contributed by atoms with E-state index in [9.17, 15) is 4.79 Å². The first-order chi connectivity index (χ1) is 9.06. The Labute approximate surface area is 118 Å². The number of rotatable bonds is 3. The molecule has 1 atom stereocenters. The van der Waals surface area contributed by atoms with E-state index in [1.54, 1.807) is 0 Å². The van der Waals surface area contributed by atoms with Gasteiger partial charge in [0.1, 0.15) is 0 Å². The van der Waals surface area contributed by atoms with Crippen molar-refractivity contribution in [1.82, 2.24) is 0 Å². The molecule has 1 aliphatic heterocycles. The number of piperidine rings is 1. The van der Waals surface area contributed by atoms with Crippen molar-refractivity contribution in [2.75, 3.05) is 18.0 Å². The fraction of sp³-hybridized carbons (Fsp3) is 0.400. The predicted molar refractivity (Wildman–Crippen MR) is 78.7 cm³/mol. The molecule has 3 nitrogen and oxygen atoms in total. The maximum absolute atomic E-state index is 10.5. The lowest BCUT2D eigenvalue weighted by Gasteiger charge is -2.33. The third kappa shape index (κ3) is 3.74. The number of anilines is 1. The summed E-state index contributed by atoms with van der Waals surface area (Å²) in [4.78, 5) is 12.8. The van der Waals surface area contributed by atoms with Crippen molar-refractivity contribution in [2.24, 2.45) is 5.92 Å². The molecule has 1 unspecified atom stereocenters. The van der Waals surface area contributed by atoms with E-state index in [2.05, 4.69) is 11.8 Å². The fourth-order valence-electron chi connectivity index (χ4n) is 2.43. The summed E-state index contributed by atoms with van der Waals surface area (Å²) in [5.74, 6) is -0.260. The molecule has 1 aromatic rings. The van der Waals surface area contributed by atoms with Crippen LogP contribution in [0.2, 0.25) is 5.02 Å². The van der Waals surface area contributed by atoms with Gasteiger partial charge in [-0.15, -0.1) is 0 Å². The molecule has 1 N–H and O–H groups in total. The Kier molecular flexibility index (Phi) is 4.48. The van der Waals surface area contributed by atoms with Crippen molar-refractivity contribution in [1.29, 1.82) is 0 Å². The highest BCUT2D eigenvalue weighted by molar-refractivity contribution is 6.32. The molecule has 0 aliphatic carbocycles. The van der Waals surface area contributed by atoms with E-state index in [0.29, 0.717) is 10.9 Å². The van der Waals surface area contributed by atoms with Crippen LogP contribution in [0.15, 0.2) is 24.3 Å². The molecule has 0 aromatic heterocycles. The van der Waals surface area contributed by atoms with Crippen LogP contribution in [0.1, 0.15) is 25.3 Å². The molecule has 4 heteroatoms. The van der Waals surface area contributed by atoms with Crippen molar-refractivity contribution in [3.05, 3.63) is 34.9 Å². The van der Waals surface area contributed by atoms with Gasteiger partial charge in [-0.1, -0.05) is 24.6 Å². The number of carbonyl (C=O) groups is 1. The minimum Gasteiger partial charge on any atom is -0.478 e. The molecule has 1 saturated heterocycles. The largest absolute Gasteiger partial charge is 0.478 e. The third-order valence-electron chi connectivity index (χ3n) is 3.41. The summed E-state index contributed by atoms with van der Waals surface area (Å²) in [6, 6.07) is 5.79. The Bertz CT molecular complexity index is 499. The van der Waals surface area contributed by atoms with Gasteiger partial charge in [-0.05, 0) is 42.5 Å². The van der Waals surface area contributed by atoms with Gasteiger partial charge < -0.3 is 10.0 Å². The summed E-state index contributed by atoms with van der Waals surface area (Å²) in [6.07, 6.45) is 5.11. The SMILES string of the molecule is CC1CCCN(c2ccc(/C=C/C(=O)O)c(Cl)c2)C1. The van der Waals surface area contributed by atoms with Crippen molar-refractivity contribution >= 4 is 29.3 Å². The first-order valence-electron chi connectivity index (χ1n) is 6.52. The molecule has 19 heavy (non-hydrogen) atoms. The van der Waals surface area contributed by atoms with Crippen molar-refractivity contribution in [2.45, 2.75) is 19.8 Å². The second-order valence-electron chi connectivity index (χ2n) is 5.07. The lowest BCUT2D eigenvalue weighted by Crippen LogP contribution is -2.34. The minimum absolute atomic E-state index is 0.591. The zero-order valence-electron chi connectivity index (χ0n) is 11.0. The topological polar surface area (TPSA) is 40.5 Å². The van der Waals surface area contributed by atoms with Crippen LogP contribution in [0.5, 0.6) is 0 Å². The molecule has 0 bridgehead atoms. The molecular weight excluding hydrogens is 262 g/mol. The number of nitrogens with zero attached hydrogens (tertiary/aromatic N) is 1. The van der Waals surface area contributed by atoms with E-state index in [1.807, 2.05) is 18.2 Å². The lowest BCUT2D eigenvalue weighted by atomic mass is 9.99. The maximum atomic E-state index is 10.5. The van der Waals surface area contributed by atoms with Gasteiger partial charge in [-0.3, -0.25) is 0 Å². The third-order valence-corrected chi connectivity index (χ3v) is 3.74. The highest BCUT2D eigenvalue weighted by atomic mass is 35.5. The molecule has 1 fully saturated rings. The van der Waals surface area contributed by atoms with Gasteiger partial charge in [0, 0.05) is 29.9 Å². The highest BCUT2D eigenvalue weighted by Crippen LogP contribution is 2.28. The fourth-order valence-corrected chi connectivity index (χ4v) is 2.67. The predicted octanol–water partition coefficient (Wildman–Crippen LogP) is 3.67. The van der Waals surface area contributed by atoms with E-state index in [4.69, 9.17) is 16.7 Å². The van der Waals surface area contributed by atoms with Crippen LogP contribution in [0.4, 0.5) is 5.69 Å². The quantitative estimate of drug-likeness (QED) is 0.858. The first kappa shape index (κ1) is 13.9. The zero-order valence-corrected chi connectivity index (χ0v) is 11.7. The van der Waals surface area contributed by atoms with Crippen LogP contribution >= 0.6 is 11.6 Å². The molecule has 2 rings (SSSR count). The zero-order chi connectivity index (χ0) is 13.8. The van der Waals surface area contributed by atoms with Crippen molar-refractivity contribution in [3.8, 4) is 0 Å². The Morgan fingerprint density at radius 2 is 2.32 bits per heavy atom. The van der Waals surface area contributed by atoms with Crippen LogP contribution in [0, 0.1) is 5.92 Å². The Morgan fingerprint density at radius 1 is 1.53 bits per heavy atom. The molecule has 1 aliphatic rings. The van der Waals surface area contributed by atoms with Crippen LogP contribution in [0.3, 0.4) is 0 Å². The van der Waals surface area contributed by atoms with Gasteiger partial charge in [0.25, 0.3) is 0 Å². The Hall–Kier alpha value is -1.48. The molecular formula is C15H18ClNO2. The van der Waals surface area contributed by atoms with Gasteiger partial charge in [0.2, 0.25) is 0 Å². The first-order valence-corrected chi connectivity index (χ1v) is 6.89. The van der Waals surface area contributed by atoms with E-state index in [-0.39, 0.29) is 0 Å². The summed E-state index contributed by atoms with van der Waals surface area (Å²) in [5.41, 5.74) is 1.85. The monoisotopic (exact) mass is 279 g/mol. The summed E-state index contributed by atoms with van der Waals surface area (Å²) >= 11 is 6.20. The van der Waals surface area contributed by atoms with Gasteiger partial charge in [-0.25, -0.2) is 4.79 Å². The van der Waals surface area contributed by atoms with Gasteiger partial charge in [0.05, 0.1) is 0 Å². The molecule has 102 valence electrons. The minimum atomic E-state index is -0.968. The number of carboxylic acid groups (broad SMARTS) is 1. The number of benzene rings is 1. The molecule has 1 heterocycles. The smallest absolute Gasteiger partial charge is 0.328 e. The van der Waals surface area contributed by atoms with E-state index in [1.165, 1.54) is 18.9 Å². The van der Waals surface area contributed by atoms with E-state index in [0.717, 1.165) is 30.4 Å². The second-order valence-corrected chi connectivity index (χ2v) is 5.48. The average Bonchev–Trinajstić information content (AvgIpc) is 2.37. The van der Waals surface area contributed by atoms with Crippen LogP contribution < -0.4 is 4.90 Å². The second kappa shape index (κ2) is 6.11. The summed E-state index contributed by atoms with van der Waals surface area (Å²) < 4.78 is 0. The Morgan fingerprint density at radius 3 is 2.95 bits per heavy atom. The summed E-state index contributed by atoms with van der Waals surface area (Å²) in [7, 11) is 0. The normalized spacial score (nSPS) is 19.9. The van der Waals surface area contributed by atoms with Crippen LogP contribution in [0.25, 0.3) is 6.08 Å². The molecule has 0 radical (unpaired) electrons. The lowest BCUT2D eigenvalue weighted by molar-refractivity contribution is -0.131. The van der Waals surface area contributed by atoms with Crippen molar-refractivity contribution in [3.63, 3.8) is 0 Å². The summed E-state index contributed by atoms with van der Waals surface area (Å²) in [6.45, 7) is 4.38.